The molecule has 0 spiro atoms. The van der Waals surface area contributed by atoms with E-state index >= 15 is 0 Å². The van der Waals surface area contributed by atoms with Crippen molar-refractivity contribution in [1.82, 2.24) is 0 Å². The lowest BCUT2D eigenvalue weighted by atomic mass is 10.1. The third-order valence-corrected chi connectivity index (χ3v) is 3.10. The summed E-state index contributed by atoms with van der Waals surface area (Å²) in [7, 11) is 0. The first kappa shape index (κ1) is 12.3. The molecule has 0 aliphatic rings. The van der Waals surface area contributed by atoms with Gasteiger partial charge in [-0.15, -0.1) is 11.8 Å². The molecule has 0 aliphatic heterocycles. The maximum Gasteiger partial charge on any atom is 0.120 e. The first-order valence-electron chi connectivity index (χ1n) is 5.41. The van der Waals surface area contributed by atoms with E-state index in [1.165, 1.54) is 10.5 Å². The van der Waals surface area contributed by atoms with Gasteiger partial charge in [-0.25, -0.2) is 0 Å². The predicted octanol–water partition coefficient (Wildman–Crippen LogP) is 3.71. The van der Waals surface area contributed by atoms with E-state index in [1.807, 2.05) is 11.8 Å². The summed E-state index contributed by atoms with van der Waals surface area (Å²) < 4.78 is 0. The van der Waals surface area contributed by atoms with E-state index in [-0.39, 0.29) is 0 Å². The molecule has 0 aromatic heterocycles. The van der Waals surface area contributed by atoms with Gasteiger partial charge in [0.1, 0.15) is 6.29 Å². The van der Waals surface area contributed by atoms with Crippen LogP contribution < -0.4 is 0 Å². The number of benzene rings is 1. The molecule has 0 bridgehead atoms. The van der Waals surface area contributed by atoms with E-state index in [2.05, 4.69) is 38.1 Å². The van der Waals surface area contributed by atoms with Crippen LogP contribution in [0.1, 0.15) is 32.3 Å². The number of thioether (sulfide) groups is 1. The van der Waals surface area contributed by atoms with Crippen molar-refractivity contribution in [1.29, 1.82) is 0 Å². The summed E-state index contributed by atoms with van der Waals surface area (Å²) in [6, 6.07) is 8.66. The van der Waals surface area contributed by atoms with Crippen LogP contribution in [0, 0.1) is 0 Å². The third-order valence-electron chi connectivity index (χ3n) is 2.08. The fourth-order valence-corrected chi connectivity index (χ4v) is 2.23. The van der Waals surface area contributed by atoms with Crippen molar-refractivity contribution in [3.63, 3.8) is 0 Å². The minimum atomic E-state index is 0.630. The Kier molecular flexibility index (Phi) is 5.48. The topological polar surface area (TPSA) is 17.1 Å². The minimum absolute atomic E-state index is 0.630. The normalized spacial score (nSPS) is 10.6. The highest BCUT2D eigenvalue weighted by Gasteiger charge is 1.98. The van der Waals surface area contributed by atoms with Gasteiger partial charge in [-0.1, -0.05) is 26.0 Å². The second kappa shape index (κ2) is 6.67. The highest BCUT2D eigenvalue weighted by molar-refractivity contribution is 7.99. The van der Waals surface area contributed by atoms with E-state index in [0.29, 0.717) is 11.7 Å². The van der Waals surface area contributed by atoms with Crippen molar-refractivity contribution in [2.24, 2.45) is 0 Å². The lowest BCUT2D eigenvalue weighted by Gasteiger charge is -2.05. The molecule has 0 radical (unpaired) electrons. The van der Waals surface area contributed by atoms with E-state index in [9.17, 15) is 4.79 Å². The molecule has 0 heterocycles. The summed E-state index contributed by atoms with van der Waals surface area (Å²) in [6.45, 7) is 4.39. The number of hydrogen-bond acceptors (Lipinski definition) is 2. The van der Waals surface area contributed by atoms with Gasteiger partial charge in [0.15, 0.2) is 0 Å². The Balaban J connectivity index is 2.45. The average Bonchev–Trinajstić information content (AvgIpc) is 2.20. The van der Waals surface area contributed by atoms with Crippen molar-refractivity contribution >= 4 is 18.0 Å². The minimum Gasteiger partial charge on any atom is -0.303 e. The Bertz CT molecular complexity index is 290. The van der Waals surface area contributed by atoms with Crippen LogP contribution in [-0.2, 0) is 11.2 Å². The van der Waals surface area contributed by atoms with E-state index in [4.69, 9.17) is 0 Å². The molecule has 1 aromatic carbocycles. The van der Waals surface area contributed by atoms with Crippen LogP contribution in [0.2, 0.25) is 0 Å². The summed E-state index contributed by atoms with van der Waals surface area (Å²) in [4.78, 5) is 11.5. The summed E-state index contributed by atoms with van der Waals surface area (Å²) in [5, 5.41) is 0.630. The van der Waals surface area contributed by atoms with Crippen molar-refractivity contribution in [3.05, 3.63) is 29.8 Å². The van der Waals surface area contributed by atoms with Gasteiger partial charge in [0.2, 0.25) is 0 Å². The zero-order chi connectivity index (χ0) is 11.1. The van der Waals surface area contributed by atoms with Crippen LogP contribution >= 0.6 is 11.8 Å². The number of unbranched alkanes of at least 4 members (excludes halogenated alkanes) is 1. The van der Waals surface area contributed by atoms with Gasteiger partial charge >= 0.3 is 0 Å². The number of hydrogen-bond donors (Lipinski definition) is 0. The highest BCUT2D eigenvalue weighted by atomic mass is 32.2. The van der Waals surface area contributed by atoms with E-state index in [0.717, 1.165) is 19.1 Å². The quantitative estimate of drug-likeness (QED) is 0.414. The maximum atomic E-state index is 10.2. The molecule has 0 fully saturated rings. The van der Waals surface area contributed by atoms with Crippen LogP contribution in [0.5, 0.6) is 0 Å². The summed E-state index contributed by atoms with van der Waals surface area (Å²) in [5.74, 6) is 0. The summed E-state index contributed by atoms with van der Waals surface area (Å²) in [6.07, 6.45) is 3.62. The molecule has 1 rings (SSSR count). The van der Waals surface area contributed by atoms with Gasteiger partial charge < -0.3 is 4.79 Å². The standard InChI is InChI=1S/C13H18OS/c1-11(2)15-13-8-6-12(7-9-13)5-3-4-10-14/h6-11H,3-5H2,1-2H3. The molecule has 0 amide bonds. The smallest absolute Gasteiger partial charge is 0.120 e. The molecule has 0 N–H and O–H groups in total. The molecule has 15 heavy (non-hydrogen) atoms. The molecule has 1 aromatic rings. The second-order valence-corrected chi connectivity index (χ2v) is 5.52. The van der Waals surface area contributed by atoms with Crippen LogP contribution in [-0.4, -0.2) is 11.5 Å². The molecule has 0 saturated heterocycles. The Hall–Kier alpha value is -0.760. The average molecular weight is 222 g/mol. The SMILES string of the molecule is CC(C)Sc1ccc(CCCC=O)cc1. The summed E-state index contributed by atoms with van der Waals surface area (Å²) >= 11 is 1.88. The molecule has 0 saturated carbocycles. The zero-order valence-corrected chi connectivity index (χ0v) is 10.2. The first-order valence-corrected chi connectivity index (χ1v) is 6.29. The Labute approximate surface area is 96.3 Å². The lowest BCUT2D eigenvalue weighted by Crippen LogP contribution is -1.88. The lowest BCUT2D eigenvalue weighted by molar-refractivity contribution is -0.107. The van der Waals surface area contributed by atoms with Crippen molar-refractivity contribution in [3.8, 4) is 0 Å². The van der Waals surface area contributed by atoms with E-state index in [1.54, 1.807) is 0 Å². The fourth-order valence-electron chi connectivity index (χ4n) is 1.40. The Morgan fingerprint density at radius 3 is 2.47 bits per heavy atom. The number of rotatable bonds is 6. The molecular formula is C13H18OS. The number of carbonyl (C=O) groups excluding carboxylic acids is 1. The monoisotopic (exact) mass is 222 g/mol. The molecule has 0 unspecified atom stereocenters. The number of aryl methyl sites for hydroxylation is 1. The van der Waals surface area contributed by atoms with Crippen LogP contribution in [0.15, 0.2) is 29.2 Å². The zero-order valence-electron chi connectivity index (χ0n) is 9.40. The molecular weight excluding hydrogens is 204 g/mol. The van der Waals surface area contributed by atoms with Crippen molar-refractivity contribution in [2.75, 3.05) is 0 Å². The third kappa shape index (κ3) is 5.03. The van der Waals surface area contributed by atoms with Gasteiger partial charge in [0, 0.05) is 16.6 Å². The maximum absolute atomic E-state index is 10.2. The van der Waals surface area contributed by atoms with Gasteiger partial charge in [-0.2, -0.15) is 0 Å². The molecule has 1 nitrogen and oxygen atoms in total. The highest BCUT2D eigenvalue weighted by Crippen LogP contribution is 2.23. The second-order valence-electron chi connectivity index (χ2n) is 3.87. The van der Waals surface area contributed by atoms with Gasteiger partial charge in [-0.3, -0.25) is 0 Å². The van der Waals surface area contributed by atoms with Crippen molar-refractivity contribution < 1.29 is 4.79 Å². The molecule has 0 atom stereocenters. The summed E-state index contributed by atoms with van der Waals surface area (Å²) in [5.41, 5.74) is 1.32. The first-order chi connectivity index (χ1) is 7.22. The van der Waals surface area contributed by atoms with E-state index < -0.39 is 0 Å². The van der Waals surface area contributed by atoms with Crippen LogP contribution in [0.25, 0.3) is 0 Å². The molecule has 0 aliphatic carbocycles. The Morgan fingerprint density at radius 2 is 1.93 bits per heavy atom. The van der Waals surface area contributed by atoms with Gasteiger partial charge in [0.25, 0.3) is 0 Å². The van der Waals surface area contributed by atoms with Crippen LogP contribution in [0.4, 0.5) is 0 Å². The molecule has 82 valence electrons. The largest absolute Gasteiger partial charge is 0.303 e. The number of aldehydes is 1. The van der Waals surface area contributed by atoms with Crippen LogP contribution in [0.3, 0.4) is 0 Å². The molecule has 2 heteroatoms. The van der Waals surface area contributed by atoms with Gasteiger partial charge in [0.05, 0.1) is 0 Å². The van der Waals surface area contributed by atoms with Gasteiger partial charge in [-0.05, 0) is 30.5 Å². The Morgan fingerprint density at radius 1 is 1.27 bits per heavy atom. The fraction of sp³-hybridized carbons (Fsp3) is 0.462. The predicted molar refractivity (Wildman–Crippen MR) is 66.4 cm³/mol. The van der Waals surface area contributed by atoms with Crippen molar-refractivity contribution in [2.45, 2.75) is 43.3 Å². The number of carbonyl (C=O) groups is 1.